The summed E-state index contributed by atoms with van der Waals surface area (Å²) in [6, 6.07) is 11.9. The minimum absolute atomic E-state index is 0.220. The fourth-order valence-electron chi connectivity index (χ4n) is 4.48. The zero-order valence-electron chi connectivity index (χ0n) is 21.8. The Bertz CT molecular complexity index is 1390. The highest BCUT2D eigenvalue weighted by molar-refractivity contribution is 5.84. The molecule has 0 amide bonds. The lowest BCUT2D eigenvalue weighted by atomic mass is 9.97. The van der Waals surface area contributed by atoms with Gasteiger partial charge in [0.1, 0.15) is 17.5 Å². The molecular formula is C31H31F5N2O. The van der Waals surface area contributed by atoms with Gasteiger partial charge in [0.2, 0.25) is 0 Å². The van der Waals surface area contributed by atoms with E-state index in [0.29, 0.717) is 47.5 Å². The van der Waals surface area contributed by atoms with E-state index >= 15 is 4.39 Å². The van der Waals surface area contributed by atoms with Crippen LogP contribution in [0.4, 0.5) is 22.0 Å². The SMILES string of the molecule is CCCCCCOc1cnc(CCc2ccc3c(F)c(CCc4ccc(C(F)(F)F)c(F)c4)ccc3c2)nc1. The first-order chi connectivity index (χ1) is 18.7. The van der Waals surface area contributed by atoms with E-state index in [1.54, 1.807) is 24.5 Å². The minimum atomic E-state index is -4.74. The molecule has 0 aliphatic heterocycles. The Kier molecular flexibility index (Phi) is 9.49. The van der Waals surface area contributed by atoms with Gasteiger partial charge in [-0.15, -0.1) is 0 Å². The molecular weight excluding hydrogens is 511 g/mol. The molecule has 0 spiro atoms. The number of fused-ring (bicyclic) bond motifs is 1. The van der Waals surface area contributed by atoms with Crippen molar-refractivity contribution in [2.45, 2.75) is 64.5 Å². The van der Waals surface area contributed by atoms with Gasteiger partial charge in [0, 0.05) is 11.8 Å². The first-order valence-corrected chi connectivity index (χ1v) is 13.2. The second-order valence-electron chi connectivity index (χ2n) is 9.65. The van der Waals surface area contributed by atoms with Gasteiger partial charge < -0.3 is 4.74 Å². The largest absolute Gasteiger partial charge is 0.490 e. The third kappa shape index (κ3) is 7.74. The van der Waals surface area contributed by atoms with Gasteiger partial charge in [-0.05, 0) is 59.9 Å². The molecule has 1 heterocycles. The summed E-state index contributed by atoms with van der Waals surface area (Å²) in [4.78, 5) is 8.78. The normalized spacial score (nSPS) is 11.7. The molecule has 206 valence electrons. The third-order valence-electron chi connectivity index (χ3n) is 6.71. The summed E-state index contributed by atoms with van der Waals surface area (Å²) < 4.78 is 73.1. The molecule has 0 bridgehead atoms. The van der Waals surface area contributed by atoms with Gasteiger partial charge in [-0.1, -0.05) is 62.6 Å². The lowest BCUT2D eigenvalue weighted by molar-refractivity contribution is -0.140. The number of ether oxygens (including phenoxy) is 1. The summed E-state index contributed by atoms with van der Waals surface area (Å²) in [6.07, 6.45) is 4.97. The van der Waals surface area contributed by atoms with Crippen molar-refractivity contribution < 1.29 is 26.7 Å². The van der Waals surface area contributed by atoms with Crippen molar-refractivity contribution in [1.29, 1.82) is 0 Å². The monoisotopic (exact) mass is 542 g/mol. The quantitative estimate of drug-likeness (QED) is 0.133. The molecule has 0 atom stereocenters. The van der Waals surface area contributed by atoms with Crippen LogP contribution in [0.15, 0.2) is 60.9 Å². The van der Waals surface area contributed by atoms with Gasteiger partial charge >= 0.3 is 6.18 Å². The van der Waals surface area contributed by atoms with Crippen molar-refractivity contribution in [3.05, 3.63) is 101 Å². The minimum Gasteiger partial charge on any atom is -0.490 e. The number of aryl methyl sites for hydroxylation is 4. The predicted molar refractivity (Wildman–Crippen MR) is 142 cm³/mol. The van der Waals surface area contributed by atoms with Crippen molar-refractivity contribution in [3.8, 4) is 5.75 Å². The lowest BCUT2D eigenvalue weighted by Crippen LogP contribution is -2.08. The van der Waals surface area contributed by atoms with Crippen molar-refractivity contribution in [2.24, 2.45) is 0 Å². The van der Waals surface area contributed by atoms with Crippen LogP contribution in [-0.4, -0.2) is 16.6 Å². The van der Waals surface area contributed by atoms with E-state index in [4.69, 9.17) is 4.74 Å². The summed E-state index contributed by atoms with van der Waals surface area (Å²) in [7, 11) is 0. The number of aromatic nitrogens is 2. The topological polar surface area (TPSA) is 35.0 Å². The molecule has 0 radical (unpaired) electrons. The fourth-order valence-corrected chi connectivity index (χ4v) is 4.48. The smallest absolute Gasteiger partial charge is 0.419 e. The average Bonchev–Trinajstić information content (AvgIpc) is 2.91. The number of nitrogens with zero attached hydrogens (tertiary/aromatic N) is 2. The maximum Gasteiger partial charge on any atom is 0.419 e. The second kappa shape index (κ2) is 13.0. The van der Waals surface area contributed by atoms with E-state index in [0.717, 1.165) is 35.9 Å². The van der Waals surface area contributed by atoms with Gasteiger partial charge in [-0.25, -0.2) is 18.7 Å². The summed E-state index contributed by atoms with van der Waals surface area (Å²) in [6.45, 7) is 2.83. The average molecular weight is 543 g/mol. The number of unbranched alkanes of at least 4 members (excludes halogenated alkanes) is 3. The van der Waals surface area contributed by atoms with Crippen molar-refractivity contribution in [3.63, 3.8) is 0 Å². The maximum absolute atomic E-state index is 15.2. The summed E-state index contributed by atoms with van der Waals surface area (Å²) in [5.41, 5.74) is 0.528. The fraction of sp³-hybridized carbons (Fsp3) is 0.355. The summed E-state index contributed by atoms with van der Waals surface area (Å²) in [5.74, 6) is -0.329. The van der Waals surface area contributed by atoms with Crippen LogP contribution >= 0.6 is 0 Å². The molecule has 0 aliphatic carbocycles. The Hall–Kier alpha value is -3.55. The molecule has 0 aliphatic rings. The second-order valence-corrected chi connectivity index (χ2v) is 9.65. The molecule has 3 nitrogen and oxygen atoms in total. The Balaban J connectivity index is 1.33. The van der Waals surface area contributed by atoms with Gasteiger partial charge in [0.15, 0.2) is 5.75 Å². The number of hydrogen-bond donors (Lipinski definition) is 0. The van der Waals surface area contributed by atoms with Crippen LogP contribution < -0.4 is 4.74 Å². The number of hydrogen-bond acceptors (Lipinski definition) is 3. The first-order valence-electron chi connectivity index (χ1n) is 13.2. The van der Waals surface area contributed by atoms with Crippen LogP contribution in [0.25, 0.3) is 10.8 Å². The molecule has 39 heavy (non-hydrogen) atoms. The summed E-state index contributed by atoms with van der Waals surface area (Å²) in [5, 5.41) is 1.22. The first kappa shape index (κ1) is 28.5. The van der Waals surface area contributed by atoms with E-state index < -0.39 is 17.6 Å². The van der Waals surface area contributed by atoms with Crippen LogP contribution in [0, 0.1) is 11.6 Å². The standard InChI is InChI=1S/C31H31F5N2O/c1-2-3-4-5-16-39-25-19-37-29(38-20-25)15-9-21-7-13-26-24(17-21)12-11-23(30(26)33)10-6-22-8-14-27(28(32)18-22)31(34,35)36/h7-8,11-14,17-20H,2-6,9-10,15-16H2,1H3. The lowest BCUT2D eigenvalue weighted by Gasteiger charge is -2.11. The highest BCUT2D eigenvalue weighted by Crippen LogP contribution is 2.32. The molecule has 4 rings (SSSR count). The molecule has 1 aromatic heterocycles. The molecule has 0 saturated carbocycles. The zero-order valence-corrected chi connectivity index (χ0v) is 21.8. The Morgan fingerprint density at radius 2 is 1.49 bits per heavy atom. The highest BCUT2D eigenvalue weighted by atomic mass is 19.4. The van der Waals surface area contributed by atoms with Crippen molar-refractivity contribution >= 4 is 10.8 Å². The third-order valence-corrected chi connectivity index (χ3v) is 6.71. The number of rotatable bonds is 12. The number of halogens is 5. The van der Waals surface area contributed by atoms with E-state index in [2.05, 4.69) is 16.9 Å². The van der Waals surface area contributed by atoms with Crippen molar-refractivity contribution in [2.75, 3.05) is 6.61 Å². The molecule has 0 N–H and O–H groups in total. The molecule has 0 saturated heterocycles. The van der Waals surface area contributed by atoms with Crippen LogP contribution in [0.5, 0.6) is 5.75 Å². The van der Waals surface area contributed by atoms with Gasteiger partial charge in [-0.3, -0.25) is 0 Å². The van der Waals surface area contributed by atoms with E-state index in [9.17, 15) is 17.6 Å². The van der Waals surface area contributed by atoms with Crippen LogP contribution in [0.2, 0.25) is 0 Å². The molecule has 0 unspecified atom stereocenters. The molecule has 4 aromatic rings. The number of benzene rings is 3. The van der Waals surface area contributed by atoms with Crippen LogP contribution in [0.1, 0.15) is 60.7 Å². The van der Waals surface area contributed by atoms with E-state index in [1.807, 2.05) is 18.2 Å². The number of alkyl halides is 3. The van der Waals surface area contributed by atoms with Gasteiger partial charge in [0.25, 0.3) is 0 Å². The zero-order chi connectivity index (χ0) is 27.8. The van der Waals surface area contributed by atoms with Crippen LogP contribution in [-0.2, 0) is 31.9 Å². The van der Waals surface area contributed by atoms with Crippen LogP contribution in [0.3, 0.4) is 0 Å². The molecule has 0 fully saturated rings. The van der Waals surface area contributed by atoms with E-state index in [-0.39, 0.29) is 18.7 Å². The molecule has 3 aromatic carbocycles. The maximum atomic E-state index is 15.2. The highest BCUT2D eigenvalue weighted by Gasteiger charge is 2.33. The van der Waals surface area contributed by atoms with Gasteiger partial charge in [-0.2, -0.15) is 13.2 Å². The van der Waals surface area contributed by atoms with Crippen molar-refractivity contribution in [1.82, 2.24) is 9.97 Å². The Morgan fingerprint density at radius 1 is 0.769 bits per heavy atom. The predicted octanol–water partition coefficient (Wildman–Crippen LogP) is 8.46. The Labute approximate surface area is 225 Å². The molecule has 8 heteroatoms. The van der Waals surface area contributed by atoms with E-state index in [1.165, 1.54) is 18.9 Å². The van der Waals surface area contributed by atoms with Gasteiger partial charge in [0.05, 0.1) is 24.6 Å². The Morgan fingerprint density at radius 3 is 2.21 bits per heavy atom. The summed E-state index contributed by atoms with van der Waals surface area (Å²) >= 11 is 0.